The van der Waals surface area contributed by atoms with Crippen LogP contribution in [0.15, 0.2) is 39.9 Å². The van der Waals surface area contributed by atoms with Crippen LogP contribution in [0.4, 0.5) is 0 Å². The standard InChI is InChI=1S/C15H18N2O6S/c1-20-13-4-3-10(12-5-6-16-23-12)7-15(13)24(18,19)17-11-8-22-9-14(11)21-2/h3-7,11,14,17H,8-9H2,1-2H3. The van der Waals surface area contributed by atoms with Crippen LogP contribution in [0.5, 0.6) is 5.75 Å². The first-order chi connectivity index (χ1) is 11.5. The average molecular weight is 354 g/mol. The van der Waals surface area contributed by atoms with E-state index in [1.807, 2.05) is 0 Å². The number of aromatic nitrogens is 1. The number of nitrogens with zero attached hydrogens (tertiary/aromatic N) is 1. The van der Waals surface area contributed by atoms with E-state index in [0.29, 0.717) is 17.9 Å². The van der Waals surface area contributed by atoms with Gasteiger partial charge < -0.3 is 18.7 Å². The van der Waals surface area contributed by atoms with Crippen LogP contribution < -0.4 is 9.46 Å². The molecule has 130 valence electrons. The van der Waals surface area contributed by atoms with Gasteiger partial charge in [0.1, 0.15) is 10.6 Å². The summed E-state index contributed by atoms with van der Waals surface area (Å²) in [5.41, 5.74) is 0.583. The molecule has 3 rings (SSSR count). The Morgan fingerprint density at radius 3 is 2.75 bits per heavy atom. The van der Waals surface area contributed by atoms with Gasteiger partial charge in [0.05, 0.1) is 38.7 Å². The summed E-state index contributed by atoms with van der Waals surface area (Å²) < 4.78 is 49.0. The van der Waals surface area contributed by atoms with E-state index >= 15 is 0 Å². The quantitative estimate of drug-likeness (QED) is 0.827. The lowest BCUT2D eigenvalue weighted by atomic mass is 10.2. The highest BCUT2D eigenvalue weighted by Gasteiger charge is 2.33. The molecular weight excluding hydrogens is 336 g/mol. The van der Waals surface area contributed by atoms with Crippen LogP contribution in [0.25, 0.3) is 11.3 Å². The van der Waals surface area contributed by atoms with Crippen molar-refractivity contribution >= 4 is 10.0 Å². The lowest BCUT2D eigenvalue weighted by Crippen LogP contribution is -2.43. The second-order valence-corrected chi connectivity index (χ2v) is 6.96. The summed E-state index contributed by atoms with van der Waals surface area (Å²) in [7, 11) is -0.905. The van der Waals surface area contributed by atoms with Crippen LogP contribution >= 0.6 is 0 Å². The lowest BCUT2D eigenvalue weighted by Gasteiger charge is -2.19. The number of hydrogen-bond acceptors (Lipinski definition) is 7. The van der Waals surface area contributed by atoms with Gasteiger partial charge in [0.15, 0.2) is 5.76 Å². The van der Waals surface area contributed by atoms with E-state index in [2.05, 4.69) is 9.88 Å². The van der Waals surface area contributed by atoms with Gasteiger partial charge >= 0.3 is 0 Å². The molecule has 0 bridgehead atoms. The van der Waals surface area contributed by atoms with E-state index in [0.717, 1.165) is 0 Å². The molecule has 8 nitrogen and oxygen atoms in total. The number of methoxy groups -OCH3 is 2. The molecule has 2 atom stereocenters. The van der Waals surface area contributed by atoms with Crippen molar-refractivity contribution in [3.63, 3.8) is 0 Å². The Balaban J connectivity index is 1.95. The topological polar surface area (TPSA) is 99.9 Å². The first kappa shape index (κ1) is 16.9. The van der Waals surface area contributed by atoms with Crippen molar-refractivity contribution in [3.8, 4) is 17.1 Å². The highest BCUT2D eigenvalue weighted by molar-refractivity contribution is 7.89. The van der Waals surface area contributed by atoms with Crippen molar-refractivity contribution in [2.45, 2.75) is 17.0 Å². The molecule has 9 heteroatoms. The van der Waals surface area contributed by atoms with E-state index in [9.17, 15) is 8.42 Å². The first-order valence-electron chi connectivity index (χ1n) is 7.27. The second-order valence-electron chi connectivity index (χ2n) is 5.28. The van der Waals surface area contributed by atoms with Crippen LogP contribution in [0.2, 0.25) is 0 Å². The Kier molecular flexibility index (Phi) is 4.86. The fourth-order valence-electron chi connectivity index (χ4n) is 2.54. The summed E-state index contributed by atoms with van der Waals surface area (Å²) in [6.45, 7) is 0.598. The lowest BCUT2D eigenvalue weighted by molar-refractivity contribution is 0.0761. The maximum atomic E-state index is 12.8. The van der Waals surface area contributed by atoms with Crippen molar-refractivity contribution in [2.24, 2.45) is 0 Å². The van der Waals surface area contributed by atoms with Crippen LogP contribution in [-0.2, 0) is 19.5 Å². The third-order valence-electron chi connectivity index (χ3n) is 3.81. The molecule has 1 aliphatic rings. The van der Waals surface area contributed by atoms with Crippen LogP contribution in [0, 0.1) is 0 Å². The molecule has 2 aromatic rings. The van der Waals surface area contributed by atoms with Gasteiger partial charge in [-0.25, -0.2) is 13.1 Å². The van der Waals surface area contributed by atoms with Crippen LogP contribution in [-0.4, -0.2) is 53.2 Å². The molecule has 1 aromatic carbocycles. The Morgan fingerprint density at radius 1 is 1.25 bits per heavy atom. The largest absolute Gasteiger partial charge is 0.495 e. The molecule has 2 heterocycles. The normalized spacial score (nSPS) is 21.1. The highest BCUT2D eigenvalue weighted by atomic mass is 32.2. The molecule has 24 heavy (non-hydrogen) atoms. The third-order valence-corrected chi connectivity index (χ3v) is 5.32. The predicted molar refractivity (Wildman–Crippen MR) is 84.2 cm³/mol. The Labute approximate surface area is 139 Å². The van der Waals surface area contributed by atoms with Gasteiger partial charge in [0.2, 0.25) is 10.0 Å². The second kappa shape index (κ2) is 6.89. The number of ether oxygens (including phenoxy) is 3. The zero-order chi connectivity index (χ0) is 17.2. The minimum absolute atomic E-state index is 0.0145. The van der Waals surface area contributed by atoms with Gasteiger partial charge in [-0.1, -0.05) is 5.16 Å². The maximum Gasteiger partial charge on any atom is 0.244 e. The maximum absolute atomic E-state index is 12.8. The summed E-state index contributed by atoms with van der Waals surface area (Å²) in [6.07, 6.45) is 1.16. The van der Waals surface area contributed by atoms with Crippen molar-refractivity contribution in [1.29, 1.82) is 0 Å². The van der Waals surface area contributed by atoms with Gasteiger partial charge in [-0.15, -0.1) is 0 Å². The summed E-state index contributed by atoms with van der Waals surface area (Å²) in [6, 6.07) is 5.95. The van der Waals surface area contributed by atoms with E-state index in [-0.39, 0.29) is 23.4 Å². The Hall–Kier alpha value is -1.94. The number of nitrogens with one attached hydrogen (secondary N) is 1. The fourth-order valence-corrected chi connectivity index (χ4v) is 3.99. The van der Waals surface area contributed by atoms with E-state index in [4.69, 9.17) is 18.7 Å². The number of hydrogen-bond donors (Lipinski definition) is 1. The van der Waals surface area contributed by atoms with Crippen molar-refractivity contribution < 1.29 is 27.2 Å². The van der Waals surface area contributed by atoms with E-state index in [1.54, 1.807) is 18.2 Å². The Bertz CT molecular complexity index is 790. The molecule has 0 radical (unpaired) electrons. The zero-order valence-electron chi connectivity index (χ0n) is 13.3. The highest BCUT2D eigenvalue weighted by Crippen LogP contribution is 2.30. The minimum atomic E-state index is -3.84. The fraction of sp³-hybridized carbons (Fsp3) is 0.400. The molecule has 0 aliphatic carbocycles. The van der Waals surface area contributed by atoms with E-state index in [1.165, 1.54) is 26.5 Å². The molecule has 0 spiro atoms. The molecule has 1 aromatic heterocycles. The summed E-state index contributed by atoms with van der Waals surface area (Å²) in [5, 5.41) is 3.63. The van der Waals surface area contributed by atoms with Crippen molar-refractivity contribution in [2.75, 3.05) is 27.4 Å². The number of sulfonamides is 1. The molecule has 1 N–H and O–H groups in total. The molecule has 0 saturated carbocycles. The Morgan fingerprint density at radius 2 is 2.08 bits per heavy atom. The number of benzene rings is 1. The third kappa shape index (κ3) is 3.29. The van der Waals surface area contributed by atoms with Gasteiger partial charge in [-0.05, 0) is 18.2 Å². The summed E-state index contributed by atoms with van der Waals surface area (Å²) in [5.74, 6) is 0.701. The zero-order valence-corrected chi connectivity index (χ0v) is 14.1. The van der Waals surface area contributed by atoms with Crippen LogP contribution in [0.3, 0.4) is 0 Å². The van der Waals surface area contributed by atoms with Gasteiger partial charge in [0, 0.05) is 18.7 Å². The van der Waals surface area contributed by atoms with Gasteiger partial charge in [-0.2, -0.15) is 0 Å². The predicted octanol–water partition coefficient (Wildman–Crippen LogP) is 1.04. The molecule has 1 fully saturated rings. The smallest absolute Gasteiger partial charge is 0.244 e. The summed E-state index contributed by atoms with van der Waals surface area (Å²) >= 11 is 0. The van der Waals surface area contributed by atoms with Gasteiger partial charge in [0.25, 0.3) is 0 Å². The van der Waals surface area contributed by atoms with Crippen molar-refractivity contribution in [1.82, 2.24) is 9.88 Å². The minimum Gasteiger partial charge on any atom is -0.495 e. The van der Waals surface area contributed by atoms with Gasteiger partial charge in [-0.3, -0.25) is 0 Å². The van der Waals surface area contributed by atoms with E-state index < -0.39 is 16.1 Å². The van der Waals surface area contributed by atoms with Crippen LogP contribution in [0.1, 0.15) is 0 Å². The monoisotopic (exact) mass is 354 g/mol. The summed E-state index contributed by atoms with van der Waals surface area (Å²) in [4.78, 5) is 0.0145. The molecule has 0 amide bonds. The average Bonchev–Trinajstić information content (AvgIpc) is 3.25. The molecule has 2 unspecified atom stereocenters. The SMILES string of the molecule is COc1ccc(-c2ccno2)cc1S(=O)(=O)NC1COCC1OC. The molecule has 1 aliphatic heterocycles. The number of rotatable bonds is 6. The van der Waals surface area contributed by atoms with Crippen molar-refractivity contribution in [3.05, 3.63) is 30.5 Å². The molecule has 1 saturated heterocycles. The first-order valence-corrected chi connectivity index (χ1v) is 8.75. The molecular formula is C15H18N2O6S.